The van der Waals surface area contributed by atoms with Crippen molar-refractivity contribution in [2.75, 3.05) is 19.8 Å². The van der Waals surface area contributed by atoms with Crippen LogP contribution in [0.4, 0.5) is 0 Å². The summed E-state index contributed by atoms with van der Waals surface area (Å²) in [5, 5.41) is -0.371. The second-order valence-corrected chi connectivity index (χ2v) is 8.69. The molecule has 1 heterocycles. The first kappa shape index (κ1) is 16.2. The summed E-state index contributed by atoms with van der Waals surface area (Å²) >= 11 is 0. The van der Waals surface area contributed by atoms with Crippen LogP contribution < -0.4 is 4.72 Å². The Bertz CT molecular complexity index is 405. The Morgan fingerprint density at radius 1 is 1.15 bits per heavy atom. The van der Waals surface area contributed by atoms with E-state index >= 15 is 0 Å². The molecule has 1 N–H and O–H groups in total. The molecule has 1 saturated heterocycles. The van der Waals surface area contributed by atoms with E-state index in [0.717, 1.165) is 25.7 Å². The van der Waals surface area contributed by atoms with Crippen LogP contribution in [0.5, 0.6) is 0 Å². The highest BCUT2D eigenvalue weighted by atomic mass is 32.2. The zero-order valence-electron chi connectivity index (χ0n) is 12.7. The van der Waals surface area contributed by atoms with Gasteiger partial charge in [0.25, 0.3) is 0 Å². The maximum absolute atomic E-state index is 11.8. The van der Waals surface area contributed by atoms with Crippen LogP contribution in [0.15, 0.2) is 0 Å². The van der Waals surface area contributed by atoms with E-state index in [2.05, 4.69) is 11.6 Å². The molecule has 5 nitrogen and oxygen atoms in total. The largest absolute Gasteiger partial charge is 0.348 e. The van der Waals surface area contributed by atoms with Crippen LogP contribution in [0.1, 0.15) is 46.5 Å². The van der Waals surface area contributed by atoms with Gasteiger partial charge in [-0.15, -0.1) is 0 Å². The van der Waals surface area contributed by atoms with Gasteiger partial charge in [0.15, 0.2) is 5.79 Å². The normalized spacial score (nSPS) is 25.4. The summed E-state index contributed by atoms with van der Waals surface area (Å²) in [5.41, 5.74) is 0. The van der Waals surface area contributed by atoms with Crippen LogP contribution >= 0.6 is 0 Å². The molecule has 1 unspecified atom stereocenters. The Morgan fingerprint density at radius 2 is 1.70 bits per heavy atom. The lowest BCUT2D eigenvalue weighted by molar-refractivity contribution is -0.184. The average molecular weight is 305 g/mol. The maximum Gasteiger partial charge on any atom is 0.213 e. The number of nitrogens with one attached hydrogen (secondary N) is 1. The van der Waals surface area contributed by atoms with E-state index < -0.39 is 10.0 Å². The van der Waals surface area contributed by atoms with E-state index in [1.807, 2.05) is 0 Å². The van der Waals surface area contributed by atoms with E-state index in [0.29, 0.717) is 31.6 Å². The monoisotopic (exact) mass is 305 g/mol. The zero-order valence-corrected chi connectivity index (χ0v) is 13.5. The van der Waals surface area contributed by atoms with Crippen molar-refractivity contribution >= 4 is 10.0 Å². The fourth-order valence-electron chi connectivity index (χ4n) is 3.02. The molecule has 0 amide bonds. The van der Waals surface area contributed by atoms with Gasteiger partial charge < -0.3 is 9.47 Å². The Labute approximate surface area is 122 Å². The number of hydrogen-bond donors (Lipinski definition) is 1. The molecule has 0 aromatic rings. The number of hydrogen-bond acceptors (Lipinski definition) is 4. The second-order valence-electron chi connectivity index (χ2n) is 6.36. The van der Waals surface area contributed by atoms with Crippen LogP contribution in [0, 0.1) is 11.8 Å². The quantitative estimate of drug-likeness (QED) is 0.842. The van der Waals surface area contributed by atoms with Crippen molar-refractivity contribution < 1.29 is 17.9 Å². The third-order valence-electron chi connectivity index (χ3n) is 4.64. The van der Waals surface area contributed by atoms with E-state index in [9.17, 15) is 8.42 Å². The van der Waals surface area contributed by atoms with Gasteiger partial charge in [-0.1, -0.05) is 6.92 Å². The smallest absolute Gasteiger partial charge is 0.213 e. The molecule has 1 atom stereocenters. The molecular formula is C14H27NO4S. The summed E-state index contributed by atoms with van der Waals surface area (Å²) in [7, 11) is -3.15. The van der Waals surface area contributed by atoms with Gasteiger partial charge in [0.1, 0.15) is 0 Å². The van der Waals surface area contributed by atoms with Crippen molar-refractivity contribution in [3.63, 3.8) is 0 Å². The van der Waals surface area contributed by atoms with Crippen molar-refractivity contribution in [1.82, 2.24) is 4.72 Å². The minimum atomic E-state index is -3.15. The molecule has 20 heavy (non-hydrogen) atoms. The highest BCUT2D eigenvalue weighted by Crippen LogP contribution is 2.40. The van der Waals surface area contributed by atoms with Crippen LogP contribution in [0.2, 0.25) is 0 Å². The number of sulfonamides is 1. The molecule has 0 radical (unpaired) electrons. The fourth-order valence-corrected chi connectivity index (χ4v) is 3.84. The van der Waals surface area contributed by atoms with E-state index in [-0.39, 0.29) is 11.0 Å². The van der Waals surface area contributed by atoms with E-state index in [1.165, 1.54) is 0 Å². The lowest BCUT2D eigenvalue weighted by Gasteiger charge is -2.37. The molecule has 118 valence electrons. The Balaban J connectivity index is 1.79. The molecule has 2 rings (SSSR count). The lowest BCUT2D eigenvalue weighted by Crippen LogP contribution is -2.40. The van der Waals surface area contributed by atoms with Gasteiger partial charge in [0, 0.05) is 19.4 Å². The molecule has 1 aliphatic carbocycles. The van der Waals surface area contributed by atoms with Crippen molar-refractivity contribution in [3.8, 4) is 0 Å². The Kier molecular flexibility index (Phi) is 5.10. The standard InChI is InChI=1S/C14H27NO4S/c1-11(2)20(16,17)15-10-12(3)13-4-6-14(7-5-13)18-8-9-19-14/h11-13,15H,4-10H2,1-3H3. The van der Waals surface area contributed by atoms with Gasteiger partial charge in [-0.3, -0.25) is 0 Å². The van der Waals surface area contributed by atoms with Gasteiger partial charge in [-0.05, 0) is 38.5 Å². The van der Waals surface area contributed by atoms with Crippen molar-refractivity contribution in [3.05, 3.63) is 0 Å². The first-order valence-corrected chi connectivity index (χ1v) is 9.16. The van der Waals surface area contributed by atoms with Gasteiger partial charge in [0.05, 0.1) is 18.5 Å². The van der Waals surface area contributed by atoms with Gasteiger partial charge in [0.2, 0.25) is 10.0 Å². The molecule has 2 aliphatic rings. The SMILES string of the molecule is CC(CNS(=O)(=O)C(C)C)C1CCC2(CC1)OCCO2. The van der Waals surface area contributed by atoms with E-state index in [4.69, 9.17) is 9.47 Å². The first-order chi connectivity index (χ1) is 9.35. The summed E-state index contributed by atoms with van der Waals surface area (Å²) in [6, 6.07) is 0. The molecular weight excluding hydrogens is 278 g/mol. The van der Waals surface area contributed by atoms with Crippen LogP contribution in [0.25, 0.3) is 0 Å². The molecule has 1 saturated carbocycles. The molecule has 2 fully saturated rings. The highest BCUT2D eigenvalue weighted by Gasteiger charge is 2.41. The predicted octanol–water partition coefficient (Wildman–Crippen LogP) is 1.88. The van der Waals surface area contributed by atoms with Crippen LogP contribution in [0.3, 0.4) is 0 Å². The highest BCUT2D eigenvalue weighted by molar-refractivity contribution is 7.90. The summed E-state index contributed by atoms with van der Waals surface area (Å²) < 4.78 is 37.7. The van der Waals surface area contributed by atoms with Crippen molar-refractivity contribution in [1.29, 1.82) is 0 Å². The van der Waals surface area contributed by atoms with Crippen LogP contribution in [-0.4, -0.2) is 39.2 Å². The second kappa shape index (κ2) is 6.30. The van der Waals surface area contributed by atoms with Gasteiger partial charge >= 0.3 is 0 Å². The van der Waals surface area contributed by atoms with Gasteiger partial charge in [-0.2, -0.15) is 0 Å². The van der Waals surface area contributed by atoms with Crippen LogP contribution in [-0.2, 0) is 19.5 Å². The summed E-state index contributed by atoms with van der Waals surface area (Å²) in [5.74, 6) is 0.568. The zero-order chi connectivity index (χ0) is 14.8. The average Bonchev–Trinajstić information content (AvgIpc) is 2.85. The molecule has 1 spiro atoms. The minimum absolute atomic E-state index is 0.326. The first-order valence-electron chi connectivity index (χ1n) is 7.61. The maximum atomic E-state index is 11.8. The lowest BCUT2D eigenvalue weighted by atomic mass is 9.78. The third-order valence-corrected chi connectivity index (χ3v) is 6.45. The molecule has 0 aromatic heterocycles. The summed E-state index contributed by atoms with van der Waals surface area (Å²) in [6.07, 6.45) is 3.95. The van der Waals surface area contributed by atoms with E-state index in [1.54, 1.807) is 13.8 Å². The van der Waals surface area contributed by atoms with Gasteiger partial charge in [-0.25, -0.2) is 13.1 Å². The Morgan fingerprint density at radius 3 is 2.20 bits per heavy atom. The topological polar surface area (TPSA) is 64.6 Å². The molecule has 6 heteroatoms. The fraction of sp³-hybridized carbons (Fsp3) is 1.00. The predicted molar refractivity (Wildman–Crippen MR) is 77.8 cm³/mol. The molecule has 0 aromatic carbocycles. The molecule has 0 bridgehead atoms. The number of rotatable bonds is 5. The number of ether oxygens (including phenoxy) is 2. The molecule has 1 aliphatic heterocycles. The Hall–Kier alpha value is -0.170. The third kappa shape index (κ3) is 3.72. The van der Waals surface area contributed by atoms with Crippen molar-refractivity contribution in [2.45, 2.75) is 57.5 Å². The summed E-state index contributed by atoms with van der Waals surface area (Å²) in [4.78, 5) is 0. The summed E-state index contributed by atoms with van der Waals surface area (Å²) in [6.45, 7) is 7.46. The minimum Gasteiger partial charge on any atom is -0.348 e. The van der Waals surface area contributed by atoms with Crippen molar-refractivity contribution in [2.24, 2.45) is 11.8 Å².